The molecule has 0 amide bonds. The molecule has 204 valence electrons. The van der Waals surface area contributed by atoms with E-state index in [-0.39, 0.29) is 4.90 Å². The van der Waals surface area contributed by atoms with Gasteiger partial charge in [-0.3, -0.25) is 0 Å². The summed E-state index contributed by atoms with van der Waals surface area (Å²) in [6.45, 7) is 4.26. The molecule has 4 rings (SSSR count). The van der Waals surface area contributed by atoms with Crippen LogP contribution in [0.1, 0.15) is 69.3 Å². The summed E-state index contributed by atoms with van der Waals surface area (Å²) in [6, 6.07) is 11.5. The van der Waals surface area contributed by atoms with Crippen LogP contribution in [0.2, 0.25) is 0 Å². The maximum atomic E-state index is 14.1. The summed E-state index contributed by atoms with van der Waals surface area (Å²) in [4.78, 5) is 0.0970. The Balaban J connectivity index is 1.89. The highest BCUT2D eigenvalue weighted by Gasteiger charge is 2.43. The molecule has 3 aromatic rings. The molecule has 1 aliphatic rings. The number of hydrogen-bond acceptors (Lipinski definition) is 5. The minimum Gasteiger partial charge on any atom is -0.348 e. The molecule has 7 nitrogen and oxygen atoms in total. The number of halogens is 4. The zero-order valence-electron chi connectivity index (χ0n) is 21.1. The Morgan fingerprint density at radius 1 is 0.974 bits per heavy atom. The second-order valence-electron chi connectivity index (χ2n) is 9.21. The Morgan fingerprint density at radius 2 is 1.68 bits per heavy atom. The third-order valence-corrected chi connectivity index (χ3v) is 12.9. The minimum absolute atomic E-state index is 0.0970. The van der Waals surface area contributed by atoms with Gasteiger partial charge in [0.05, 0.1) is 20.8 Å². The van der Waals surface area contributed by atoms with E-state index in [4.69, 9.17) is 0 Å². The SMILES string of the molecule is CCCCCC1(NS(=O)(=O)c2cc(Br)c(Br)c(Br)c2Br)NC(c2ccccc2)=Cc2c(CCCC)nnn21. The smallest absolute Gasteiger partial charge is 0.245 e. The molecule has 0 saturated heterocycles. The number of nitrogens with one attached hydrogen (secondary N) is 2. The van der Waals surface area contributed by atoms with Gasteiger partial charge in [-0.15, -0.1) is 5.10 Å². The van der Waals surface area contributed by atoms with Crippen LogP contribution in [-0.2, 0) is 22.2 Å². The number of unbranched alkanes of at least 4 members (excludes halogenated alkanes) is 3. The van der Waals surface area contributed by atoms with E-state index in [2.05, 4.69) is 97.9 Å². The molecule has 1 aliphatic heterocycles. The van der Waals surface area contributed by atoms with E-state index in [0.717, 1.165) is 61.2 Å². The highest BCUT2D eigenvalue weighted by molar-refractivity contribution is 9.15. The van der Waals surface area contributed by atoms with Crippen LogP contribution in [-0.4, -0.2) is 23.4 Å². The van der Waals surface area contributed by atoms with Gasteiger partial charge >= 0.3 is 0 Å². The van der Waals surface area contributed by atoms with Gasteiger partial charge in [0.25, 0.3) is 0 Å². The fraction of sp³-hybridized carbons (Fsp3) is 0.385. The highest BCUT2D eigenvalue weighted by atomic mass is 79.9. The summed E-state index contributed by atoms with van der Waals surface area (Å²) >= 11 is 13.9. The quantitative estimate of drug-likeness (QED) is 0.117. The average Bonchev–Trinajstić information content (AvgIpc) is 3.32. The van der Waals surface area contributed by atoms with Crippen molar-refractivity contribution in [1.29, 1.82) is 0 Å². The fourth-order valence-corrected chi connectivity index (χ4v) is 8.77. The van der Waals surface area contributed by atoms with Crippen LogP contribution in [0.5, 0.6) is 0 Å². The van der Waals surface area contributed by atoms with E-state index in [1.165, 1.54) is 0 Å². The molecule has 1 atom stereocenters. The second-order valence-corrected chi connectivity index (χ2v) is 14.1. The first-order chi connectivity index (χ1) is 18.1. The van der Waals surface area contributed by atoms with Gasteiger partial charge in [-0.05, 0) is 101 Å². The molecule has 0 fully saturated rings. The molecule has 0 aliphatic carbocycles. The number of sulfonamides is 1. The summed E-state index contributed by atoms with van der Waals surface area (Å²) in [5.74, 6) is -1.26. The maximum Gasteiger partial charge on any atom is 0.245 e. The number of rotatable bonds is 11. The summed E-state index contributed by atoms with van der Waals surface area (Å²) < 4.78 is 35.2. The van der Waals surface area contributed by atoms with Gasteiger partial charge in [-0.2, -0.15) is 4.72 Å². The molecule has 0 bridgehead atoms. The number of aryl methyl sites for hydroxylation is 1. The zero-order chi connectivity index (χ0) is 27.5. The van der Waals surface area contributed by atoms with Crippen LogP contribution < -0.4 is 10.0 Å². The lowest BCUT2D eigenvalue weighted by Gasteiger charge is -2.40. The summed E-state index contributed by atoms with van der Waals surface area (Å²) in [5.41, 5.74) is 3.44. The Bertz CT molecular complexity index is 1440. The van der Waals surface area contributed by atoms with E-state index in [9.17, 15) is 8.42 Å². The molecule has 2 aromatic carbocycles. The molecule has 2 N–H and O–H groups in total. The van der Waals surface area contributed by atoms with Gasteiger partial charge < -0.3 is 5.32 Å². The predicted molar refractivity (Wildman–Crippen MR) is 166 cm³/mol. The van der Waals surface area contributed by atoms with Gasteiger partial charge in [0, 0.05) is 25.5 Å². The normalized spacial score (nSPS) is 17.2. The topological polar surface area (TPSA) is 88.9 Å². The average molecular weight is 795 g/mol. The van der Waals surface area contributed by atoms with E-state index < -0.39 is 15.8 Å². The lowest BCUT2D eigenvalue weighted by molar-refractivity contribution is 0.170. The van der Waals surface area contributed by atoms with Crippen LogP contribution in [0.15, 0.2) is 59.2 Å². The van der Waals surface area contributed by atoms with Crippen LogP contribution in [0.25, 0.3) is 11.8 Å². The van der Waals surface area contributed by atoms with Crippen molar-refractivity contribution >= 4 is 85.5 Å². The first-order valence-corrected chi connectivity index (χ1v) is 17.2. The van der Waals surface area contributed by atoms with Crippen molar-refractivity contribution in [3.63, 3.8) is 0 Å². The molecule has 38 heavy (non-hydrogen) atoms. The largest absolute Gasteiger partial charge is 0.348 e. The predicted octanol–water partition coefficient (Wildman–Crippen LogP) is 7.94. The fourth-order valence-electron chi connectivity index (χ4n) is 4.43. The van der Waals surface area contributed by atoms with E-state index in [0.29, 0.717) is 24.3 Å². The molecular formula is C26H29Br4N5O2S. The second kappa shape index (κ2) is 12.6. The van der Waals surface area contributed by atoms with Crippen molar-refractivity contribution in [2.45, 2.75) is 69.5 Å². The van der Waals surface area contributed by atoms with Gasteiger partial charge in [0.15, 0.2) is 0 Å². The molecule has 1 aromatic heterocycles. The Hall–Kier alpha value is -1.05. The van der Waals surface area contributed by atoms with Gasteiger partial charge in [0.2, 0.25) is 15.8 Å². The van der Waals surface area contributed by atoms with Crippen molar-refractivity contribution in [3.8, 4) is 0 Å². The Kier molecular flexibility index (Phi) is 9.95. The van der Waals surface area contributed by atoms with Crippen molar-refractivity contribution in [3.05, 3.63) is 71.2 Å². The standard InChI is InChI=1S/C26H29Br4N5O2S/c1-3-5-10-14-26(33-38(36,37)22-15-18(27)23(28)25(30)24(22)29)31-20(17-11-8-7-9-12-17)16-21-19(13-6-4-2)32-34-35(21)26/h7-9,11-12,15-16,31,33H,3-6,10,13-14H2,1-2H3. The van der Waals surface area contributed by atoms with Gasteiger partial charge in [0.1, 0.15) is 0 Å². The summed E-state index contributed by atoms with van der Waals surface area (Å²) in [6.07, 6.45) is 7.98. The van der Waals surface area contributed by atoms with Gasteiger partial charge in [-0.25, -0.2) is 13.1 Å². The molecule has 0 saturated carbocycles. The van der Waals surface area contributed by atoms with Crippen molar-refractivity contribution in [2.24, 2.45) is 0 Å². The summed E-state index contributed by atoms with van der Waals surface area (Å²) in [7, 11) is -4.06. The van der Waals surface area contributed by atoms with Crippen LogP contribution in [0.4, 0.5) is 0 Å². The molecule has 2 heterocycles. The van der Waals surface area contributed by atoms with Crippen molar-refractivity contribution in [2.75, 3.05) is 0 Å². The molecule has 0 spiro atoms. The maximum absolute atomic E-state index is 14.1. The van der Waals surface area contributed by atoms with Crippen molar-refractivity contribution < 1.29 is 8.42 Å². The number of fused-ring (bicyclic) bond motifs is 1. The first kappa shape index (κ1) is 29.9. The van der Waals surface area contributed by atoms with E-state index in [1.54, 1.807) is 10.7 Å². The Labute approximate surface area is 257 Å². The third kappa shape index (κ3) is 6.15. The lowest BCUT2D eigenvalue weighted by Crippen LogP contribution is -2.61. The first-order valence-electron chi connectivity index (χ1n) is 12.5. The van der Waals surface area contributed by atoms with E-state index in [1.807, 2.05) is 36.4 Å². The monoisotopic (exact) mass is 791 g/mol. The number of hydrogen-bond donors (Lipinski definition) is 2. The number of nitrogens with zero attached hydrogens (tertiary/aromatic N) is 3. The van der Waals surface area contributed by atoms with Crippen LogP contribution in [0.3, 0.4) is 0 Å². The molecular weight excluding hydrogens is 766 g/mol. The molecule has 0 radical (unpaired) electrons. The van der Waals surface area contributed by atoms with Gasteiger partial charge in [-0.1, -0.05) is 68.7 Å². The highest BCUT2D eigenvalue weighted by Crippen LogP contribution is 2.41. The van der Waals surface area contributed by atoms with Crippen molar-refractivity contribution in [1.82, 2.24) is 25.0 Å². The molecule has 12 heteroatoms. The number of aromatic nitrogens is 3. The zero-order valence-corrected chi connectivity index (χ0v) is 28.2. The van der Waals surface area contributed by atoms with Crippen LogP contribution >= 0.6 is 63.7 Å². The van der Waals surface area contributed by atoms with Crippen LogP contribution in [0, 0.1) is 0 Å². The Morgan fingerprint density at radius 3 is 2.37 bits per heavy atom. The minimum atomic E-state index is -4.06. The third-order valence-electron chi connectivity index (χ3n) is 6.42. The summed E-state index contributed by atoms with van der Waals surface area (Å²) in [5, 5.41) is 12.6. The van der Waals surface area contributed by atoms with E-state index >= 15 is 0 Å². The lowest BCUT2D eigenvalue weighted by atomic mass is 10.0. The number of benzene rings is 2. The molecule has 1 unspecified atom stereocenters.